The number of carbonyl (C=O) groups is 1. The van der Waals surface area contributed by atoms with Gasteiger partial charge in [-0.3, -0.25) is 4.79 Å². The largest absolute Gasteiger partial charge is 0.393 e. The van der Waals surface area contributed by atoms with Crippen molar-refractivity contribution < 1.29 is 54.0 Å². The molecule has 0 bridgehead atoms. The summed E-state index contributed by atoms with van der Waals surface area (Å²) < 4.78 is 0. The van der Waals surface area contributed by atoms with Gasteiger partial charge in [0.25, 0.3) is 0 Å². The first kappa shape index (κ1) is 21.5. The normalized spacial score (nSPS) is 49.2. The van der Waals surface area contributed by atoms with Gasteiger partial charge in [0, 0.05) is 50.0 Å². The van der Waals surface area contributed by atoms with Crippen LogP contribution in [-0.4, -0.2) is 17.0 Å². The van der Waals surface area contributed by atoms with E-state index in [0.29, 0.717) is 17.1 Å². The zero-order valence-electron chi connectivity index (χ0n) is 17.3. The number of fused-ring (bicyclic) bond motifs is 5. The fourth-order valence-corrected chi connectivity index (χ4v) is 8.32. The van der Waals surface area contributed by atoms with Crippen LogP contribution in [0.3, 0.4) is 0 Å². The van der Waals surface area contributed by atoms with Crippen LogP contribution in [0.25, 0.3) is 0 Å². The second-order valence-electron chi connectivity index (χ2n) is 10.9. The summed E-state index contributed by atoms with van der Waals surface area (Å²) in [5.74, 6) is 2.78. The molecular weight excluding hydrogens is 535 g/mol. The minimum Gasteiger partial charge on any atom is -0.393 e. The summed E-state index contributed by atoms with van der Waals surface area (Å²) in [5.41, 5.74) is 2.15. The molecule has 0 saturated heterocycles. The molecule has 0 aromatic carbocycles. The van der Waals surface area contributed by atoms with Crippen molar-refractivity contribution in [3.63, 3.8) is 0 Å². The summed E-state index contributed by atoms with van der Waals surface area (Å²) in [4.78, 5) is 12.6. The van der Waals surface area contributed by atoms with Crippen molar-refractivity contribution in [1.82, 2.24) is 0 Å². The van der Waals surface area contributed by atoms with Crippen molar-refractivity contribution in [2.24, 2.45) is 39.9 Å². The fraction of sp³-hybridized carbons (Fsp3) is 0.870. The second kappa shape index (κ2) is 6.95. The van der Waals surface area contributed by atoms with E-state index in [1.165, 1.54) is 31.3 Å². The molecule has 7 atom stereocenters. The van der Waals surface area contributed by atoms with Gasteiger partial charge in [0.15, 0.2) is 0 Å². The number of rotatable bonds is 1. The SMILES string of the molecule is CC(=O)[C@H]1C(C)(C)CC2C3CC=C4CC(O)CC[C@]4(C)C3CC[C@@]21C.[Ac]. The van der Waals surface area contributed by atoms with E-state index in [1.54, 1.807) is 0 Å². The van der Waals surface area contributed by atoms with Crippen LogP contribution in [0.1, 0.15) is 79.6 Å². The third-order valence-corrected chi connectivity index (χ3v) is 9.11. The first-order chi connectivity index (χ1) is 11.6. The standard InChI is InChI=1S/C23H36O2.Ac/c1-14(24)20-21(2,3)13-19-17-7-6-15-12-16(25)8-10-22(15,4)18(17)9-11-23(19,20)5;/h6,16-20,25H,7-13H2,1-5H3;/t16?,17?,18?,19?,20-,22-,23-;/m0./s1. The van der Waals surface area contributed by atoms with E-state index in [1.807, 2.05) is 6.92 Å². The van der Waals surface area contributed by atoms with Gasteiger partial charge >= 0.3 is 0 Å². The first-order valence-electron chi connectivity index (χ1n) is 10.5. The van der Waals surface area contributed by atoms with Crippen LogP contribution in [0, 0.1) is 84.0 Å². The molecule has 143 valence electrons. The van der Waals surface area contributed by atoms with Crippen molar-refractivity contribution in [2.75, 3.05) is 0 Å². The van der Waals surface area contributed by atoms with E-state index in [2.05, 4.69) is 33.8 Å². The molecule has 0 aliphatic heterocycles. The third-order valence-electron chi connectivity index (χ3n) is 9.11. The Morgan fingerprint density at radius 2 is 1.81 bits per heavy atom. The van der Waals surface area contributed by atoms with Crippen LogP contribution in [0.4, 0.5) is 0 Å². The Labute approximate surface area is 195 Å². The molecule has 3 heteroatoms. The molecular formula is C23H36AcO2. The topological polar surface area (TPSA) is 37.3 Å². The summed E-state index contributed by atoms with van der Waals surface area (Å²) in [6.07, 6.45) is 10.2. The summed E-state index contributed by atoms with van der Waals surface area (Å²) in [6, 6.07) is 0. The Bertz CT molecular complexity index is 624. The van der Waals surface area contributed by atoms with Crippen molar-refractivity contribution in [2.45, 2.75) is 85.7 Å². The summed E-state index contributed by atoms with van der Waals surface area (Å²) >= 11 is 0. The maximum atomic E-state index is 12.6. The second-order valence-corrected chi connectivity index (χ2v) is 10.9. The maximum Gasteiger partial charge on any atom is 0.133 e. The van der Waals surface area contributed by atoms with Crippen molar-refractivity contribution in [3.8, 4) is 0 Å². The van der Waals surface area contributed by atoms with E-state index in [4.69, 9.17) is 0 Å². The number of hydrogen-bond donors (Lipinski definition) is 1. The number of ketones is 1. The molecule has 0 spiro atoms. The van der Waals surface area contributed by atoms with Crippen molar-refractivity contribution in [1.29, 1.82) is 0 Å². The molecule has 26 heavy (non-hydrogen) atoms. The Morgan fingerprint density at radius 3 is 2.46 bits per heavy atom. The Balaban J connectivity index is 0.00000196. The molecule has 1 radical (unpaired) electrons. The molecule has 0 heterocycles. The molecule has 4 aliphatic rings. The molecule has 0 aromatic rings. The number of allylic oxidation sites excluding steroid dienone is 1. The Hall–Kier alpha value is 0.812. The first-order valence-corrected chi connectivity index (χ1v) is 10.5. The Morgan fingerprint density at radius 1 is 1.12 bits per heavy atom. The minimum atomic E-state index is -0.128. The van der Waals surface area contributed by atoms with Gasteiger partial charge < -0.3 is 5.11 Å². The van der Waals surface area contributed by atoms with Crippen LogP contribution in [-0.2, 0) is 4.79 Å². The number of Topliss-reactive ketones (excluding diaryl/α,β-unsaturated/α-hetero) is 1. The van der Waals surface area contributed by atoms with Gasteiger partial charge in [-0.1, -0.05) is 39.3 Å². The number of aliphatic hydroxyl groups is 1. The minimum absolute atomic E-state index is 0. The van der Waals surface area contributed by atoms with Crippen LogP contribution in [0.2, 0.25) is 0 Å². The quantitative estimate of drug-likeness (QED) is 0.442. The van der Waals surface area contributed by atoms with Crippen molar-refractivity contribution >= 4 is 5.78 Å². The van der Waals surface area contributed by atoms with Gasteiger partial charge in [0.1, 0.15) is 5.78 Å². The van der Waals surface area contributed by atoms with Gasteiger partial charge in [0.2, 0.25) is 0 Å². The van der Waals surface area contributed by atoms with Gasteiger partial charge in [-0.2, -0.15) is 0 Å². The molecule has 3 fully saturated rings. The predicted molar refractivity (Wildman–Crippen MR) is 101 cm³/mol. The molecule has 4 rings (SSSR count). The van der Waals surface area contributed by atoms with Gasteiger partial charge in [-0.05, 0) is 85.9 Å². The van der Waals surface area contributed by atoms with Crippen molar-refractivity contribution in [3.05, 3.63) is 11.6 Å². The van der Waals surface area contributed by atoms with E-state index in [-0.39, 0.29) is 66.9 Å². The predicted octanol–water partition coefficient (Wildman–Crippen LogP) is 5.15. The smallest absolute Gasteiger partial charge is 0.133 e. The van der Waals surface area contributed by atoms with Gasteiger partial charge in [0.05, 0.1) is 6.10 Å². The number of carbonyl (C=O) groups excluding carboxylic acids is 1. The molecule has 4 aliphatic carbocycles. The Kier molecular flexibility index (Phi) is 5.75. The number of aliphatic hydroxyl groups excluding tert-OH is 1. The van der Waals surface area contributed by atoms with E-state index >= 15 is 0 Å². The summed E-state index contributed by atoms with van der Waals surface area (Å²) in [5, 5.41) is 10.1. The molecule has 2 nitrogen and oxygen atoms in total. The van der Waals surface area contributed by atoms with Crippen LogP contribution in [0.15, 0.2) is 11.6 Å². The summed E-state index contributed by atoms with van der Waals surface area (Å²) in [7, 11) is 0. The van der Waals surface area contributed by atoms with Gasteiger partial charge in [-0.25, -0.2) is 0 Å². The zero-order chi connectivity index (χ0) is 18.2. The molecule has 3 saturated carbocycles. The summed E-state index contributed by atoms with van der Waals surface area (Å²) in [6.45, 7) is 11.4. The fourth-order valence-electron chi connectivity index (χ4n) is 8.32. The van der Waals surface area contributed by atoms with E-state index in [9.17, 15) is 9.90 Å². The van der Waals surface area contributed by atoms with E-state index in [0.717, 1.165) is 31.1 Å². The number of hydrogen-bond acceptors (Lipinski definition) is 2. The molecule has 1 N–H and O–H groups in total. The average molecular weight is 572 g/mol. The zero-order valence-corrected chi connectivity index (χ0v) is 22.1. The van der Waals surface area contributed by atoms with Crippen LogP contribution in [0.5, 0.6) is 0 Å². The molecule has 0 amide bonds. The molecule has 0 aromatic heterocycles. The van der Waals surface area contributed by atoms with Crippen LogP contribution >= 0.6 is 0 Å². The van der Waals surface area contributed by atoms with E-state index < -0.39 is 0 Å². The maximum absolute atomic E-state index is 12.6. The van der Waals surface area contributed by atoms with Gasteiger partial charge in [-0.15, -0.1) is 0 Å². The monoisotopic (exact) mass is 571 g/mol. The average Bonchev–Trinajstić information content (AvgIpc) is 2.73. The third kappa shape index (κ3) is 2.97. The van der Waals surface area contributed by atoms with Crippen LogP contribution < -0.4 is 0 Å². The molecule has 4 unspecified atom stereocenters.